The van der Waals surface area contributed by atoms with E-state index in [4.69, 9.17) is 12.2 Å². The molecule has 18 heavy (non-hydrogen) atoms. The van der Waals surface area contributed by atoms with Crippen LogP contribution in [0.25, 0.3) is 11.4 Å². The zero-order chi connectivity index (χ0) is 13.3. The van der Waals surface area contributed by atoms with Crippen molar-refractivity contribution in [2.45, 2.75) is 34.1 Å². The number of hydrogen-bond acceptors (Lipinski definition) is 3. The van der Waals surface area contributed by atoms with Gasteiger partial charge in [0.25, 0.3) is 0 Å². The lowest BCUT2D eigenvalue weighted by Crippen LogP contribution is -2.00. The Bertz CT molecular complexity index is 624. The van der Waals surface area contributed by atoms with Crippen molar-refractivity contribution in [3.05, 3.63) is 39.4 Å². The van der Waals surface area contributed by atoms with E-state index in [-0.39, 0.29) is 0 Å². The minimum atomic E-state index is 0.691. The molecule has 0 aliphatic carbocycles. The second-order valence-corrected chi connectivity index (χ2v) is 4.87. The maximum atomic E-state index is 5.35. The monoisotopic (exact) mass is 259 g/mol. The first kappa shape index (κ1) is 12.9. The third-order valence-electron chi connectivity index (χ3n) is 2.94. The van der Waals surface area contributed by atoms with Crippen molar-refractivity contribution in [3.8, 4) is 11.4 Å². The Morgan fingerprint density at radius 2 is 1.72 bits per heavy atom. The molecular weight excluding hydrogens is 242 g/mol. The lowest BCUT2D eigenvalue weighted by molar-refractivity contribution is 0.986. The molecule has 0 aliphatic heterocycles. The summed E-state index contributed by atoms with van der Waals surface area (Å²) in [6.07, 6.45) is 0.906. The molecule has 2 aromatic rings. The molecule has 2 aromatic heterocycles. The zero-order valence-corrected chi connectivity index (χ0v) is 12.0. The third kappa shape index (κ3) is 2.48. The summed E-state index contributed by atoms with van der Waals surface area (Å²) in [6, 6.07) is 4.04. The van der Waals surface area contributed by atoms with Crippen LogP contribution in [0.1, 0.15) is 29.6 Å². The van der Waals surface area contributed by atoms with Crippen LogP contribution in [0.5, 0.6) is 0 Å². The SMILES string of the molecule is CCc1c(C)[nH]c(-c2cc(C)nc(C)c2)nc1=S. The molecule has 3 nitrogen and oxygen atoms in total. The van der Waals surface area contributed by atoms with Gasteiger partial charge < -0.3 is 4.98 Å². The molecule has 1 N–H and O–H groups in total. The summed E-state index contributed by atoms with van der Waals surface area (Å²) in [6.45, 7) is 8.10. The molecule has 94 valence electrons. The van der Waals surface area contributed by atoms with Crippen LogP contribution in [0.3, 0.4) is 0 Å². The van der Waals surface area contributed by atoms with E-state index in [2.05, 4.69) is 21.9 Å². The molecule has 0 saturated heterocycles. The Morgan fingerprint density at radius 1 is 1.11 bits per heavy atom. The first-order valence-electron chi connectivity index (χ1n) is 6.06. The fraction of sp³-hybridized carbons (Fsp3) is 0.357. The summed E-state index contributed by atoms with van der Waals surface area (Å²) in [5.74, 6) is 0.823. The first-order valence-corrected chi connectivity index (χ1v) is 6.47. The number of H-pyrrole nitrogens is 1. The van der Waals surface area contributed by atoms with Crippen LogP contribution in [0.4, 0.5) is 0 Å². The molecule has 0 unspecified atom stereocenters. The van der Waals surface area contributed by atoms with Gasteiger partial charge in [-0.15, -0.1) is 0 Å². The van der Waals surface area contributed by atoms with Crippen LogP contribution in [0.2, 0.25) is 0 Å². The fourth-order valence-electron chi connectivity index (χ4n) is 2.13. The van der Waals surface area contributed by atoms with E-state index in [9.17, 15) is 0 Å². The average Bonchev–Trinajstić information content (AvgIpc) is 2.27. The molecular formula is C14H17N3S. The summed E-state index contributed by atoms with van der Waals surface area (Å²) >= 11 is 5.35. The van der Waals surface area contributed by atoms with E-state index in [0.717, 1.165) is 40.5 Å². The summed E-state index contributed by atoms with van der Waals surface area (Å²) < 4.78 is 0.691. The largest absolute Gasteiger partial charge is 0.343 e. The molecule has 0 atom stereocenters. The maximum Gasteiger partial charge on any atom is 0.139 e. The molecule has 0 aromatic carbocycles. The number of rotatable bonds is 2. The van der Waals surface area contributed by atoms with Gasteiger partial charge >= 0.3 is 0 Å². The lowest BCUT2D eigenvalue weighted by Gasteiger charge is -2.08. The molecule has 4 heteroatoms. The molecule has 2 rings (SSSR count). The Kier molecular flexibility index (Phi) is 3.57. The van der Waals surface area contributed by atoms with Crippen molar-refractivity contribution in [2.24, 2.45) is 0 Å². The van der Waals surface area contributed by atoms with Gasteiger partial charge in [-0.25, -0.2) is 4.98 Å². The summed E-state index contributed by atoms with van der Waals surface area (Å²) in [5.41, 5.74) is 5.24. The smallest absolute Gasteiger partial charge is 0.139 e. The Labute approximate surface area is 112 Å². The van der Waals surface area contributed by atoms with Gasteiger partial charge in [-0.2, -0.15) is 0 Å². The number of aromatic nitrogens is 3. The summed E-state index contributed by atoms with van der Waals surface area (Å²) in [7, 11) is 0. The van der Waals surface area contributed by atoms with Gasteiger partial charge in [0.2, 0.25) is 0 Å². The van der Waals surface area contributed by atoms with Gasteiger partial charge in [-0.05, 0) is 39.3 Å². The van der Waals surface area contributed by atoms with Crippen molar-refractivity contribution >= 4 is 12.2 Å². The summed E-state index contributed by atoms with van der Waals surface area (Å²) in [5, 5.41) is 0. The molecule has 0 saturated carbocycles. The van der Waals surface area contributed by atoms with E-state index >= 15 is 0 Å². The van der Waals surface area contributed by atoms with E-state index in [1.165, 1.54) is 0 Å². The average molecular weight is 259 g/mol. The number of hydrogen-bond donors (Lipinski definition) is 1. The van der Waals surface area contributed by atoms with Crippen LogP contribution in [-0.2, 0) is 6.42 Å². The predicted molar refractivity (Wildman–Crippen MR) is 76.2 cm³/mol. The van der Waals surface area contributed by atoms with Crippen LogP contribution in [0.15, 0.2) is 12.1 Å². The van der Waals surface area contributed by atoms with Gasteiger partial charge in [0.1, 0.15) is 10.5 Å². The highest BCUT2D eigenvalue weighted by Gasteiger charge is 2.07. The van der Waals surface area contributed by atoms with Crippen molar-refractivity contribution in [1.82, 2.24) is 15.0 Å². The second-order valence-electron chi connectivity index (χ2n) is 4.49. The molecule has 0 aliphatic rings. The molecule has 0 bridgehead atoms. The van der Waals surface area contributed by atoms with Crippen molar-refractivity contribution in [2.75, 3.05) is 0 Å². The number of pyridine rings is 1. The van der Waals surface area contributed by atoms with E-state index in [1.54, 1.807) is 0 Å². The van der Waals surface area contributed by atoms with Gasteiger partial charge in [0.05, 0.1) is 0 Å². The highest BCUT2D eigenvalue weighted by Crippen LogP contribution is 2.19. The van der Waals surface area contributed by atoms with Crippen LogP contribution in [0, 0.1) is 25.4 Å². The number of aromatic amines is 1. The topological polar surface area (TPSA) is 41.6 Å². The van der Waals surface area contributed by atoms with Gasteiger partial charge in [0.15, 0.2) is 0 Å². The zero-order valence-electron chi connectivity index (χ0n) is 11.2. The molecule has 0 spiro atoms. The predicted octanol–water partition coefficient (Wildman–Crippen LogP) is 3.69. The third-order valence-corrected chi connectivity index (χ3v) is 3.28. The maximum absolute atomic E-state index is 5.35. The molecule has 0 fully saturated rings. The van der Waals surface area contributed by atoms with E-state index < -0.39 is 0 Å². The van der Waals surface area contributed by atoms with E-state index in [1.807, 2.05) is 32.9 Å². The van der Waals surface area contributed by atoms with Gasteiger partial charge in [-0.1, -0.05) is 19.1 Å². The standard InChI is InChI=1S/C14H17N3S/c1-5-12-10(4)16-13(17-14(12)18)11-6-8(2)15-9(3)7-11/h6-7H,5H2,1-4H3,(H,16,17,18). The highest BCUT2D eigenvalue weighted by molar-refractivity contribution is 7.71. The van der Waals surface area contributed by atoms with Crippen molar-refractivity contribution < 1.29 is 0 Å². The van der Waals surface area contributed by atoms with Crippen molar-refractivity contribution in [1.29, 1.82) is 0 Å². The van der Waals surface area contributed by atoms with Gasteiger partial charge in [-0.3, -0.25) is 4.98 Å². The number of nitrogens with one attached hydrogen (secondary N) is 1. The van der Waals surface area contributed by atoms with Crippen molar-refractivity contribution in [3.63, 3.8) is 0 Å². The Morgan fingerprint density at radius 3 is 2.22 bits per heavy atom. The highest BCUT2D eigenvalue weighted by atomic mass is 32.1. The fourth-order valence-corrected chi connectivity index (χ4v) is 2.52. The van der Waals surface area contributed by atoms with Crippen LogP contribution in [-0.4, -0.2) is 15.0 Å². The minimum absolute atomic E-state index is 0.691. The lowest BCUT2D eigenvalue weighted by atomic mass is 10.1. The first-order chi connectivity index (χ1) is 8.51. The minimum Gasteiger partial charge on any atom is -0.343 e. The van der Waals surface area contributed by atoms with Crippen LogP contribution >= 0.6 is 12.2 Å². The molecule has 0 amide bonds. The van der Waals surface area contributed by atoms with Crippen LogP contribution < -0.4 is 0 Å². The molecule has 2 heterocycles. The number of nitrogens with zero attached hydrogens (tertiary/aromatic N) is 2. The molecule has 0 radical (unpaired) electrons. The number of aryl methyl sites for hydroxylation is 3. The van der Waals surface area contributed by atoms with E-state index in [0.29, 0.717) is 4.64 Å². The normalized spacial score (nSPS) is 10.7. The van der Waals surface area contributed by atoms with Gasteiger partial charge in [0, 0.05) is 28.2 Å². The Hall–Kier alpha value is -1.55. The summed E-state index contributed by atoms with van der Waals surface area (Å²) in [4.78, 5) is 12.2. The quantitative estimate of drug-likeness (QED) is 0.836. The second kappa shape index (κ2) is 4.98. The Balaban J connectivity index is 2.61.